The monoisotopic (exact) mass is 498 g/mol. The van der Waals surface area contributed by atoms with Gasteiger partial charge in [0.05, 0.1) is 17.4 Å². The first kappa shape index (κ1) is 23.8. The number of halogens is 4. The van der Waals surface area contributed by atoms with E-state index in [1.54, 1.807) is 0 Å². The number of rotatable bonds is 5. The maximum atomic E-state index is 14.7. The highest BCUT2D eigenvalue weighted by atomic mass is 19.4. The molecule has 0 fully saturated rings. The van der Waals surface area contributed by atoms with Crippen molar-refractivity contribution in [2.45, 2.75) is 17.8 Å². The minimum Gasteiger partial charge on any atom is -0.372 e. The van der Waals surface area contributed by atoms with Crippen molar-refractivity contribution in [3.8, 4) is 5.69 Å². The van der Waals surface area contributed by atoms with Gasteiger partial charge in [-0.15, -0.1) is 6.58 Å². The Kier molecular flexibility index (Phi) is 5.51. The molecule has 5 rings (SSSR count). The number of fused-ring (bicyclic) bond motifs is 2. The molecule has 2 aromatic carbocycles. The fourth-order valence-electron chi connectivity index (χ4n) is 4.92. The van der Waals surface area contributed by atoms with Crippen LogP contribution in [0.25, 0.3) is 16.6 Å². The number of aliphatic hydroxyl groups is 1. The number of carbonyl (C=O) groups is 1. The summed E-state index contributed by atoms with van der Waals surface area (Å²) in [5.74, 6) is -1.79. The van der Waals surface area contributed by atoms with Gasteiger partial charge in [0, 0.05) is 42.9 Å². The molecule has 3 unspecified atom stereocenters. The van der Waals surface area contributed by atoms with Crippen LogP contribution in [0.5, 0.6) is 0 Å². The predicted octanol–water partition coefficient (Wildman–Crippen LogP) is 4.27. The lowest BCUT2D eigenvalue weighted by atomic mass is 9.77. The predicted molar refractivity (Wildman–Crippen MR) is 125 cm³/mol. The Bertz CT molecular complexity index is 1410. The average Bonchev–Trinajstić information content (AvgIpc) is 3.43. The zero-order valence-corrected chi connectivity index (χ0v) is 19.2. The van der Waals surface area contributed by atoms with E-state index in [0.717, 1.165) is 0 Å². The smallest absolute Gasteiger partial charge is 0.372 e. The molecule has 186 valence electrons. The highest BCUT2D eigenvalue weighted by Gasteiger charge is 2.62. The van der Waals surface area contributed by atoms with Gasteiger partial charge in [0.15, 0.2) is 0 Å². The van der Waals surface area contributed by atoms with Crippen molar-refractivity contribution in [3.05, 3.63) is 96.7 Å². The molecule has 1 amide bonds. The lowest BCUT2D eigenvalue weighted by Gasteiger charge is -2.37. The standard InChI is InChI=1S/C26H22F4N4O2/c1-3-11-33-15-21(20-10-12-32(2)24(35)23(20)33)25(36,26(28,29)30)17-4-9-22-16(13-17)14-31-34(22)19-7-5-18(27)6-8-19/h3-10,12-15,20,23,36H,1,11H2,2H3. The molecule has 1 aromatic heterocycles. The summed E-state index contributed by atoms with van der Waals surface area (Å²) in [7, 11) is 1.53. The van der Waals surface area contributed by atoms with E-state index in [4.69, 9.17) is 0 Å². The molecule has 0 bridgehead atoms. The SMILES string of the molecule is C=CCN1C=C(C(O)(c2ccc3c(cnn3-c3ccc(F)cc3)c2)C(F)(F)F)C2C=CN(C)C(=O)C21. The molecule has 3 heterocycles. The number of aromatic nitrogens is 2. The molecular formula is C26H22F4N4O2. The van der Waals surface area contributed by atoms with E-state index in [1.165, 1.54) is 94.7 Å². The minimum atomic E-state index is -5.09. The van der Waals surface area contributed by atoms with Crippen LogP contribution in [0.3, 0.4) is 0 Å². The number of nitrogens with zero attached hydrogens (tertiary/aromatic N) is 4. The van der Waals surface area contributed by atoms with Crippen molar-refractivity contribution in [3.63, 3.8) is 0 Å². The second-order valence-corrected chi connectivity index (χ2v) is 8.85. The van der Waals surface area contributed by atoms with Crippen molar-refractivity contribution < 1.29 is 27.5 Å². The Morgan fingerprint density at radius 2 is 1.89 bits per heavy atom. The minimum absolute atomic E-state index is 0.134. The third-order valence-electron chi connectivity index (χ3n) is 6.70. The summed E-state index contributed by atoms with van der Waals surface area (Å²) >= 11 is 0. The van der Waals surface area contributed by atoms with E-state index in [2.05, 4.69) is 11.7 Å². The molecule has 2 aliphatic rings. The van der Waals surface area contributed by atoms with E-state index < -0.39 is 35.1 Å². The van der Waals surface area contributed by atoms with Crippen molar-refractivity contribution in [2.24, 2.45) is 5.92 Å². The summed E-state index contributed by atoms with van der Waals surface area (Å²) in [5, 5.41) is 16.0. The van der Waals surface area contributed by atoms with Crippen molar-refractivity contribution >= 4 is 16.8 Å². The Balaban J connectivity index is 1.64. The third kappa shape index (κ3) is 3.51. The van der Waals surface area contributed by atoms with E-state index in [9.17, 15) is 27.5 Å². The molecule has 0 saturated heterocycles. The molecule has 6 nitrogen and oxygen atoms in total. The summed E-state index contributed by atoms with van der Waals surface area (Å²) in [6, 6.07) is 8.47. The summed E-state index contributed by atoms with van der Waals surface area (Å²) in [5.41, 5.74) is -3.09. The Labute approximate surface area is 204 Å². The molecule has 0 aliphatic carbocycles. The number of amides is 1. The van der Waals surface area contributed by atoms with Crippen molar-refractivity contribution in [1.82, 2.24) is 19.6 Å². The van der Waals surface area contributed by atoms with Crippen LogP contribution in [0, 0.1) is 11.7 Å². The van der Waals surface area contributed by atoms with Crippen LogP contribution in [0.2, 0.25) is 0 Å². The zero-order valence-electron chi connectivity index (χ0n) is 19.2. The van der Waals surface area contributed by atoms with Gasteiger partial charge in [-0.3, -0.25) is 4.79 Å². The molecule has 36 heavy (non-hydrogen) atoms. The van der Waals surface area contributed by atoms with Gasteiger partial charge in [0.2, 0.25) is 11.5 Å². The van der Waals surface area contributed by atoms with Gasteiger partial charge in [-0.2, -0.15) is 18.3 Å². The first-order chi connectivity index (χ1) is 17.1. The molecule has 0 spiro atoms. The van der Waals surface area contributed by atoms with Gasteiger partial charge in [-0.25, -0.2) is 9.07 Å². The summed E-state index contributed by atoms with van der Waals surface area (Å²) in [6.45, 7) is 3.77. The first-order valence-electron chi connectivity index (χ1n) is 11.1. The molecule has 3 atom stereocenters. The van der Waals surface area contributed by atoms with Gasteiger partial charge in [0.1, 0.15) is 11.9 Å². The summed E-state index contributed by atoms with van der Waals surface area (Å²) in [4.78, 5) is 15.6. The lowest BCUT2D eigenvalue weighted by molar-refractivity contribution is -0.251. The molecule has 10 heteroatoms. The van der Waals surface area contributed by atoms with Gasteiger partial charge < -0.3 is 14.9 Å². The number of hydrogen-bond donors (Lipinski definition) is 1. The lowest BCUT2D eigenvalue weighted by Crippen LogP contribution is -2.50. The zero-order chi connectivity index (χ0) is 25.8. The van der Waals surface area contributed by atoms with Crippen LogP contribution in [0.15, 0.2) is 85.4 Å². The van der Waals surface area contributed by atoms with Gasteiger partial charge in [0.25, 0.3) is 0 Å². The Hall–Kier alpha value is -3.92. The van der Waals surface area contributed by atoms with Crippen LogP contribution in [-0.2, 0) is 10.4 Å². The average molecular weight is 498 g/mol. The normalized spacial score (nSPS) is 21.5. The Morgan fingerprint density at radius 1 is 1.17 bits per heavy atom. The second-order valence-electron chi connectivity index (χ2n) is 8.85. The number of alkyl halides is 3. The molecule has 0 radical (unpaired) electrons. The van der Waals surface area contributed by atoms with Gasteiger partial charge in [-0.1, -0.05) is 18.2 Å². The number of benzene rings is 2. The van der Waals surface area contributed by atoms with Crippen LogP contribution in [0.1, 0.15) is 5.56 Å². The van der Waals surface area contributed by atoms with Crippen molar-refractivity contribution in [1.29, 1.82) is 0 Å². The van der Waals surface area contributed by atoms with Crippen LogP contribution < -0.4 is 0 Å². The van der Waals surface area contributed by atoms with Gasteiger partial charge >= 0.3 is 6.18 Å². The second kappa shape index (κ2) is 8.34. The van der Waals surface area contributed by atoms with E-state index in [-0.39, 0.29) is 18.0 Å². The van der Waals surface area contributed by atoms with Crippen molar-refractivity contribution in [2.75, 3.05) is 13.6 Å². The van der Waals surface area contributed by atoms with Crippen LogP contribution >= 0.6 is 0 Å². The van der Waals surface area contributed by atoms with E-state index in [0.29, 0.717) is 16.6 Å². The largest absolute Gasteiger partial charge is 0.425 e. The molecule has 3 aromatic rings. The summed E-state index contributed by atoms with van der Waals surface area (Å²) in [6.07, 6.45) is 1.93. The maximum Gasteiger partial charge on any atom is 0.425 e. The maximum absolute atomic E-state index is 14.7. The highest BCUT2D eigenvalue weighted by molar-refractivity contribution is 5.86. The topological polar surface area (TPSA) is 61.6 Å². The first-order valence-corrected chi connectivity index (χ1v) is 11.1. The number of hydrogen-bond acceptors (Lipinski definition) is 4. The Morgan fingerprint density at radius 3 is 2.56 bits per heavy atom. The fraction of sp³-hybridized carbons (Fsp3) is 0.231. The quantitative estimate of drug-likeness (QED) is 0.422. The summed E-state index contributed by atoms with van der Waals surface area (Å²) < 4.78 is 58.9. The highest BCUT2D eigenvalue weighted by Crippen LogP contribution is 2.51. The van der Waals surface area contributed by atoms with E-state index in [1.807, 2.05) is 0 Å². The molecule has 0 saturated carbocycles. The van der Waals surface area contributed by atoms with Gasteiger partial charge in [-0.05, 0) is 42.0 Å². The number of likely N-dealkylation sites (N-methyl/N-ethyl adjacent to an activating group) is 1. The van der Waals surface area contributed by atoms with Crippen LogP contribution in [0.4, 0.5) is 17.6 Å². The molecular weight excluding hydrogens is 476 g/mol. The molecule has 2 aliphatic heterocycles. The van der Waals surface area contributed by atoms with Crippen LogP contribution in [-0.4, -0.2) is 56.4 Å². The molecule has 1 N–H and O–H groups in total. The number of carbonyl (C=O) groups excluding carboxylic acids is 1. The van der Waals surface area contributed by atoms with E-state index >= 15 is 0 Å². The third-order valence-corrected chi connectivity index (χ3v) is 6.70. The fourth-order valence-corrected chi connectivity index (χ4v) is 4.92.